The van der Waals surface area contributed by atoms with Crippen molar-refractivity contribution < 1.29 is 53.4 Å². The first-order chi connectivity index (χ1) is 19.3. The van der Waals surface area contributed by atoms with Gasteiger partial charge in [-0.2, -0.15) is 0 Å². The van der Waals surface area contributed by atoms with Crippen LogP contribution in [0.3, 0.4) is 0 Å². The van der Waals surface area contributed by atoms with Crippen LogP contribution in [0, 0.1) is 28.6 Å². The number of ether oxygens (including phenoxy) is 2. The van der Waals surface area contributed by atoms with E-state index in [0.717, 1.165) is 0 Å². The van der Waals surface area contributed by atoms with Gasteiger partial charge in [0.25, 0.3) is 0 Å². The van der Waals surface area contributed by atoms with Gasteiger partial charge in [0, 0.05) is 17.3 Å². The standard InChI is InChI=1S/C28H39FN2O10/c1-26-14-23(34)28(29)20(6-5-17-13-18(32)9-10-27(17,28)2)19(26)7-8-21(26)22(33)16-40-24(35)15-30-25(36)39-11-3-4-12-41-31(37)38/h9-10,13,19-21,23,34,37-38H,3-8,11-12,14-16H2,1-2H3,(H,30,36)/t19?,20-,21?,23-,26-,27-,28?/m0/s1. The van der Waals surface area contributed by atoms with Gasteiger partial charge < -0.3 is 19.9 Å². The molecule has 0 heterocycles. The van der Waals surface area contributed by atoms with Crippen LogP contribution in [0.2, 0.25) is 0 Å². The fourth-order valence-electron chi connectivity index (χ4n) is 7.75. The van der Waals surface area contributed by atoms with Gasteiger partial charge in [0.15, 0.2) is 17.2 Å². The molecule has 0 aliphatic heterocycles. The van der Waals surface area contributed by atoms with E-state index in [9.17, 15) is 24.3 Å². The van der Waals surface area contributed by atoms with Crippen molar-refractivity contribution >= 4 is 23.6 Å². The summed E-state index contributed by atoms with van der Waals surface area (Å²) in [6.45, 7) is 2.69. The van der Waals surface area contributed by atoms with Crippen molar-refractivity contribution in [2.75, 3.05) is 26.4 Å². The number of hydrogen-bond donors (Lipinski definition) is 4. The maximum absolute atomic E-state index is 17.1. The Morgan fingerprint density at radius 1 is 1.10 bits per heavy atom. The highest BCUT2D eigenvalue weighted by Gasteiger charge is 2.70. The molecule has 0 aromatic rings. The molecule has 3 unspecified atom stereocenters. The summed E-state index contributed by atoms with van der Waals surface area (Å²) in [7, 11) is 0. The maximum atomic E-state index is 17.1. The van der Waals surface area contributed by atoms with Crippen LogP contribution < -0.4 is 5.32 Å². The summed E-state index contributed by atoms with van der Waals surface area (Å²) >= 11 is 0. The van der Waals surface area contributed by atoms with E-state index in [0.29, 0.717) is 44.1 Å². The molecule has 4 aliphatic carbocycles. The number of rotatable bonds is 11. The Labute approximate surface area is 237 Å². The molecule has 3 saturated carbocycles. The monoisotopic (exact) mass is 582 g/mol. The molecule has 3 fully saturated rings. The Morgan fingerprint density at radius 3 is 2.56 bits per heavy atom. The lowest BCUT2D eigenvalue weighted by molar-refractivity contribution is -0.492. The second kappa shape index (κ2) is 12.3. The molecule has 13 heteroatoms. The maximum Gasteiger partial charge on any atom is 0.407 e. The number of allylic oxidation sites excluding steroid dienone is 4. The molecule has 4 N–H and O–H groups in total. The Hall–Kier alpha value is -2.71. The van der Waals surface area contributed by atoms with Gasteiger partial charge in [-0.25, -0.2) is 9.18 Å². The number of nitrogens with zero attached hydrogens (tertiary/aromatic N) is 1. The molecular formula is C28H39FN2O10. The molecular weight excluding hydrogens is 543 g/mol. The number of hydrogen-bond acceptors (Lipinski definition) is 11. The lowest BCUT2D eigenvalue weighted by atomic mass is 9.45. The number of ketones is 2. The molecule has 4 rings (SSSR count). The average molecular weight is 583 g/mol. The molecule has 0 aromatic carbocycles. The van der Waals surface area contributed by atoms with E-state index in [1.54, 1.807) is 13.0 Å². The van der Waals surface area contributed by atoms with E-state index in [4.69, 9.17) is 19.9 Å². The number of alkyl carbamates (subject to hydrolysis) is 1. The largest absolute Gasteiger partial charge is 0.456 e. The van der Waals surface area contributed by atoms with Crippen molar-refractivity contribution in [3.8, 4) is 0 Å². The summed E-state index contributed by atoms with van der Waals surface area (Å²) in [5, 5.41) is 29.9. The number of halogens is 1. The predicted octanol–water partition coefficient (Wildman–Crippen LogP) is 2.60. The number of aliphatic hydroxyl groups is 1. The summed E-state index contributed by atoms with van der Waals surface area (Å²) in [5.41, 5.74) is -3.02. The lowest BCUT2D eigenvalue weighted by Gasteiger charge is -2.62. The highest BCUT2D eigenvalue weighted by Crippen LogP contribution is 2.68. The smallest absolute Gasteiger partial charge is 0.407 e. The molecule has 0 radical (unpaired) electrons. The molecule has 41 heavy (non-hydrogen) atoms. The van der Waals surface area contributed by atoms with E-state index >= 15 is 4.39 Å². The average Bonchev–Trinajstić information content (AvgIpc) is 3.25. The fraction of sp³-hybridized carbons (Fsp3) is 0.714. The number of carbonyl (C=O) groups is 4. The first-order valence-electron chi connectivity index (χ1n) is 14.0. The number of fused-ring (bicyclic) bond motifs is 5. The predicted molar refractivity (Wildman–Crippen MR) is 138 cm³/mol. The third-order valence-corrected chi connectivity index (χ3v) is 9.76. The normalized spacial score (nSPS) is 35.7. The van der Waals surface area contributed by atoms with Crippen LogP contribution in [-0.4, -0.2) is 82.7 Å². The van der Waals surface area contributed by atoms with Gasteiger partial charge in [0.2, 0.25) is 0 Å². The van der Waals surface area contributed by atoms with E-state index in [1.807, 2.05) is 6.92 Å². The molecule has 0 spiro atoms. The molecule has 0 saturated heterocycles. The van der Waals surface area contributed by atoms with Crippen LogP contribution >= 0.6 is 0 Å². The number of amides is 1. The number of carbonyl (C=O) groups excluding carboxylic acids is 4. The van der Waals surface area contributed by atoms with Crippen LogP contribution in [-0.2, 0) is 28.7 Å². The lowest BCUT2D eigenvalue weighted by Crippen LogP contribution is -2.66. The van der Waals surface area contributed by atoms with Crippen LogP contribution in [0.4, 0.5) is 9.18 Å². The van der Waals surface area contributed by atoms with Crippen molar-refractivity contribution in [1.82, 2.24) is 10.7 Å². The molecule has 0 bridgehead atoms. The summed E-state index contributed by atoms with van der Waals surface area (Å²) in [6, 6.07) is 0. The third kappa shape index (κ3) is 5.96. The Morgan fingerprint density at radius 2 is 1.83 bits per heavy atom. The van der Waals surface area contributed by atoms with Crippen molar-refractivity contribution in [3.05, 3.63) is 23.8 Å². The zero-order valence-corrected chi connectivity index (χ0v) is 23.3. The van der Waals surface area contributed by atoms with Crippen molar-refractivity contribution in [2.24, 2.45) is 28.6 Å². The Balaban J connectivity index is 1.28. The summed E-state index contributed by atoms with van der Waals surface area (Å²) in [4.78, 5) is 53.4. The zero-order chi connectivity index (χ0) is 30.0. The van der Waals surface area contributed by atoms with Crippen LogP contribution in [0.15, 0.2) is 23.8 Å². The van der Waals surface area contributed by atoms with Gasteiger partial charge in [-0.05, 0) is 75.4 Å². The zero-order valence-electron chi connectivity index (χ0n) is 23.3. The minimum atomic E-state index is -1.96. The number of unbranched alkanes of at least 4 members (excludes halogenated alkanes) is 1. The molecule has 7 atom stereocenters. The Kier molecular flexibility index (Phi) is 9.34. The number of aliphatic hydroxyl groups excluding tert-OH is 1. The van der Waals surface area contributed by atoms with Crippen molar-refractivity contribution in [1.29, 1.82) is 0 Å². The first-order valence-corrected chi connectivity index (χ1v) is 14.0. The number of nitrogens with one attached hydrogen (secondary N) is 1. The van der Waals surface area contributed by atoms with Gasteiger partial charge in [-0.15, -0.1) is 0 Å². The second-order valence-electron chi connectivity index (χ2n) is 11.9. The van der Waals surface area contributed by atoms with Gasteiger partial charge in [0.05, 0.1) is 24.7 Å². The van der Waals surface area contributed by atoms with Gasteiger partial charge in [0.1, 0.15) is 13.2 Å². The van der Waals surface area contributed by atoms with Gasteiger partial charge in [-0.1, -0.05) is 18.6 Å². The highest BCUT2D eigenvalue weighted by molar-refractivity contribution is 6.01. The van der Waals surface area contributed by atoms with Crippen molar-refractivity contribution in [2.45, 2.75) is 70.6 Å². The minimum Gasteiger partial charge on any atom is -0.456 e. The second-order valence-corrected chi connectivity index (χ2v) is 11.9. The third-order valence-electron chi connectivity index (χ3n) is 9.76. The first kappa shape index (κ1) is 31.2. The van der Waals surface area contributed by atoms with Crippen LogP contribution in [0.5, 0.6) is 0 Å². The van der Waals surface area contributed by atoms with E-state index in [1.165, 1.54) is 12.2 Å². The van der Waals surface area contributed by atoms with Gasteiger partial charge >= 0.3 is 12.1 Å². The molecule has 0 aromatic heterocycles. The number of alkyl halides is 1. The number of esters is 1. The van der Waals surface area contributed by atoms with Crippen LogP contribution in [0.1, 0.15) is 58.8 Å². The topological polar surface area (TPSA) is 172 Å². The van der Waals surface area contributed by atoms with E-state index in [-0.39, 0.29) is 37.1 Å². The van der Waals surface area contributed by atoms with E-state index < -0.39 is 65.0 Å². The Bertz CT molecular complexity index is 1110. The quantitative estimate of drug-likeness (QED) is 0.160. The molecule has 1 amide bonds. The molecule has 228 valence electrons. The SMILES string of the molecule is C[C@]12C[C@H](O)C3(F)[C@@H](CCC4=CC(=O)C=C[C@@]43C)C1CCC2C(=O)COC(=O)CNC(=O)OCCCCON(O)O. The molecule has 12 nitrogen and oxygen atoms in total. The van der Waals surface area contributed by atoms with Crippen molar-refractivity contribution in [3.63, 3.8) is 0 Å². The highest BCUT2D eigenvalue weighted by atomic mass is 19.1. The summed E-state index contributed by atoms with van der Waals surface area (Å²) in [6.07, 6.45) is 5.26. The van der Waals surface area contributed by atoms with Crippen LogP contribution in [0.25, 0.3) is 0 Å². The van der Waals surface area contributed by atoms with E-state index in [2.05, 4.69) is 10.2 Å². The van der Waals surface area contributed by atoms with Gasteiger partial charge in [-0.3, -0.25) is 29.6 Å². The summed E-state index contributed by atoms with van der Waals surface area (Å²) in [5.74, 6) is -2.46. The fourth-order valence-corrected chi connectivity index (χ4v) is 7.75. The molecule has 4 aliphatic rings. The minimum absolute atomic E-state index is 0.00452. The number of Topliss-reactive ketones (excluding diaryl/α,β-unsaturated/α-hetero) is 1. The summed E-state index contributed by atoms with van der Waals surface area (Å²) < 4.78 is 27.1.